The van der Waals surface area contributed by atoms with Gasteiger partial charge in [-0.1, -0.05) is 155 Å². The molecule has 2 nitrogen and oxygen atoms in total. The Morgan fingerprint density at radius 3 is 1.81 bits per heavy atom. The molecule has 0 saturated heterocycles. The first-order chi connectivity index (χ1) is 26.2. The largest absolute Gasteiger partial charge is 0.347 e. The van der Waals surface area contributed by atoms with Crippen LogP contribution in [-0.4, -0.2) is 7.05 Å². The van der Waals surface area contributed by atoms with Crippen molar-refractivity contribution in [1.82, 2.24) is 0 Å². The fourth-order valence-electron chi connectivity index (χ4n) is 9.65. The Morgan fingerprint density at radius 1 is 0.574 bits per heavy atom. The van der Waals surface area contributed by atoms with E-state index in [-0.39, 0.29) is 10.8 Å². The van der Waals surface area contributed by atoms with Gasteiger partial charge in [0, 0.05) is 40.3 Å². The van der Waals surface area contributed by atoms with Gasteiger partial charge in [0.05, 0.1) is 11.4 Å². The highest BCUT2D eigenvalue weighted by Gasteiger charge is 2.40. The Kier molecular flexibility index (Phi) is 8.12. The molecule has 0 N–H and O–H groups in total. The quantitative estimate of drug-likeness (QED) is 0.171. The second-order valence-corrected chi connectivity index (χ2v) is 16.2. The van der Waals surface area contributed by atoms with Crippen molar-refractivity contribution in [3.63, 3.8) is 0 Å². The number of likely N-dealkylation sites (N-methyl/N-ethyl adjacent to an activating group) is 1. The molecule has 0 saturated carbocycles. The Balaban J connectivity index is 1.20. The summed E-state index contributed by atoms with van der Waals surface area (Å²) in [5.41, 5.74) is 15.7. The molecular formula is C52H48N2. The van der Waals surface area contributed by atoms with Crippen molar-refractivity contribution in [1.29, 1.82) is 0 Å². The Bertz CT molecular complexity index is 2570. The van der Waals surface area contributed by atoms with E-state index in [0.717, 1.165) is 24.2 Å². The summed E-state index contributed by atoms with van der Waals surface area (Å²) in [6.07, 6.45) is 11.6. The van der Waals surface area contributed by atoms with Gasteiger partial charge in [0.25, 0.3) is 0 Å². The second-order valence-electron chi connectivity index (χ2n) is 16.2. The van der Waals surface area contributed by atoms with Crippen LogP contribution in [0.25, 0.3) is 27.1 Å². The molecule has 6 aromatic rings. The van der Waals surface area contributed by atoms with Gasteiger partial charge in [-0.3, -0.25) is 0 Å². The predicted octanol–water partition coefficient (Wildman–Crippen LogP) is 13.7. The van der Waals surface area contributed by atoms with Crippen LogP contribution in [0.2, 0.25) is 0 Å². The molecule has 0 fully saturated rings. The molecule has 0 atom stereocenters. The normalized spacial score (nSPS) is 18.9. The maximum atomic E-state index is 2.48. The first kappa shape index (κ1) is 33.9. The van der Waals surface area contributed by atoms with Gasteiger partial charge in [-0.05, 0) is 105 Å². The zero-order chi connectivity index (χ0) is 37.2. The summed E-state index contributed by atoms with van der Waals surface area (Å²) in [4.78, 5) is 4.91. The third-order valence-electron chi connectivity index (χ3n) is 12.4. The standard InChI is InChI=1S/C52H48N2/c1-35-44(51(2,3)45-32-27-36-17-13-15-23-42(36)48(35)45)31-29-38-25-26-39(49(38)54(40-19-9-7-10-20-40)41-21-11-8-12-22-41)30-34-47-52(4,5)46-33-28-37-18-14-16-24-43(37)50(46)53(47)6/h7-24,27-34H,25-26H2,1-6H3. The fourth-order valence-corrected chi connectivity index (χ4v) is 9.65. The summed E-state index contributed by atoms with van der Waals surface area (Å²) < 4.78 is 0. The number of anilines is 3. The number of benzene rings is 6. The number of nitrogens with zero attached hydrogens (tertiary/aromatic N) is 2. The average Bonchev–Trinajstić information content (AvgIpc) is 3.74. The summed E-state index contributed by atoms with van der Waals surface area (Å²) >= 11 is 0. The van der Waals surface area contributed by atoms with Crippen molar-refractivity contribution in [3.8, 4) is 0 Å². The maximum Gasteiger partial charge on any atom is 0.0527 e. The van der Waals surface area contributed by atoms with Gasteiger partial charge >= 0.3 is 0 Å². The van der Waals surface area contributed by atoms with E-state index in [1.807, 2.05) is 0 Å². The molecule has 9 rings (SSSR count). The van der Waals surface area contributed by atoms with E-state index in [2.05, 4.69) is 209 Å². The minimum absolute atomic E-state index is 0.0985. The van der Waals surface area contributed by atoms with Crippen LogP contribution in [0, 0.1) is 0 Å². The molecule has 3 aliphatic rings. The highest BCUT2D eigenvalue weighted by Crippen LogP contribution is 2.52. The zero-order valence-corrected chi connectivity index (χ0v) is 32.3. The molecule has 6 aromatic carbocycles. The zero-order valence-electron chi connectivity index (χ0n) is 32.3. The summed E-state index contributed by atoms with van der Waals surface area (Å²) in [5.74, 6) is 0. The van der Waals surface area contributed by atoms with Crippen LogP contribution in [0.4, 0.5) is 17.1 Å². The lowest BCUT2D eigenvalue weighted by molar-refractivity contribution is 0.640. The molecule has 266 valence electrons. The molecule has 1 aliphatic heterocycles. The van der Waals surface area contributed by atoms with Crippen LogP contribution in [-0.2, 0) is 10.8 Å². The first-order valence-corrected chi connectivity index (χ1v) is 19.4. The number of allylic oxidation sites excluding steroid dienone is 9. The molecule has 54 heavy (non-hydrogen) atoms. The minimum atomic E-state index is -0.133. The van der Waals surface area contributed by atoms with E-state index in [4.69, 9.17) is 0 Å². The number of hydrogen-bond acceptors (Lipinski definition) is 2. The lowest BCUT2D eigenvalue weighted by atomic mass is 9.80. The molecule has 0 unspecified atom stereocenters. The fraction of sp³-hybridized carbons (Fsp3) is 0.192. The third-order valence-corrected chi connectivity index (χ3v) is 12.4. The Hall–Kier alpha value is -5.86. The number of para-hydroxylation sites is 2. The van der Waals surface area contributed by atoms with E-state index in [9.17, 15) is 0 Å². The molecular weight excluding hydrogens is 653 g/mol. The molecule has 0 radical (unpaired) electrons. The predicted molar refractivity (Wildman–Crippen MR) is 232 cm³/mol. The molecule has 0 bridgehead atoms. The molecule has 0 aromatic heterocycles. The first-order valence-electron chi connectivity index (χ1n) is 19.4. The monoisotopic (exact) mass is 700 g/mol. The van der Waals surface area contributed by atoms with Gasteiger partial charge < -0.3 is 9.80 Å². The van der Waals surface area contributed by atoms with Gasteiger partial charge in [-0.2, -0.15) is 0 Å². The number of hydrogen-bond donors (Lipinski definition) is 0. The molecule has 1 heterocycles. The Labute approximate surface area is 320 Å². The highest BCUT2D eigenvalue weighted by molar-refractivity contribution is 6.00. The van der Waals surface area contributed by atoms with E-state index in [0.29, 0.717) is 0 Å². The van der Waals surface area contributed by atoms with E-state index in [1.54, 1.807) is 0 Å². The minimum Gasteiger partial charge on any atom is -0.347 e. The van der Waals surface area contributed by atoms with E-state index in [1.165, 1.54) is 77.6 Å². The lowest BCUT2D eigenvalue weighted by Gasteiger charge is -2.29. The molecule has 2 heteroatoms. The van der Waals surface area contributed by atoms with Crippen LogP contribution in [0.15, 0.2) is 186 Å². The molecule has 2 aliphatic carbocycles. The maximum absolute atomic E-state index is 2.48. The average molecular weight is 701 g/mol. The highest BCUT2D eigenvalue weighted by atomic mass is 15.2. The second kappa shape index (κ2) is 12.9. The van der Waals surface area contributed by atoms with Crippen LogP contribution in [0.3, 0.4) is 0 Å². The molecule has 0 spiro atoms. The van der Waals surface area contributed by atoms with Crippen LogP contribution >= 0.6 is 0 Å². The number of rotatable bonds is 6. The van der Waals surface area contributed by atoms with Gasteiger partial charge in [-0.25, -0.2) is 0 Å². The Morgan fingerprint density at radius 2 is 1.15 bits per heavy atom. The van der Waals surface area contributed by atoms with Crippen molar-refractivity contribution in [2.75, 3.05) is 16.8 Å². The van der Waals surface area contributed by atoms with Gasteiger partial charge in [0.1, 0.15) is 0 Å². The van der Waals surface area contributed by atoms with Crippen molar-refractivity contribution >= 4 is 44.2 Å². The van der Waals surface area contributed by atoms with Crippen molar-refractivity contribution in [3.05, 3.63) is 203 Å². The van der Waals surface area contributed by atoms with Crippen molar-refractivity contribution in [2.24, 2.45) is 0 Å². The lowest BCUT2D eigenvalue weighted by Crippen LogP contribution is -2.22. The third kappa shape index (κ3) is 5.30. The topological polar surface area (TPSA) is 6.48 Å². The van der Waals surface area contributed by atoms with Gasteiger partial charge in [0.15, 0.2) is 0 Å². The summed E-state index contributed by atoms with van der Waals surface area (Å²) in [6.45, 7) is 11.8. The van der Waals surface area contributed by atoms with Crippen LogP contribution in [0.1, 0.15) is 64.2 Å². The van der Waals surface area contributed by atoms with Crippen molar-refractivity contribution < 1.29 is 0 Å². The SMILES string of the molecule is CC1=C(C=CC2=C(N(c3ccccc3)c3ccccc3)C(=CC=C3N(C)c4c(ccc5ccccc45)C3(C)C)CC2)C(C)(C)c2ccc3ccccc3c21. The molecule has 0 amide bonds. The van der Waals surface area contributed by atoms with E-state index >= 15 is 0 Å². The van der Waals surface area contributed by atoms with Crippen LogP contribution < -0.4 is 9.80 Å². The van der Waals surface area contributed by atoms with E-state index < -0.39 is 0 Å². The van der Waals surface area contributed by atoms with Crippen molar-refractivity contribution in [2.45, 2.75) is 58.3 Å². The summed E-state index contributed by atoms with van der Waals surface area (Å²) in [7, 11) is 2.24. The van der Waals surface area contributed by atoms with Crippen LogP contribution in [0.5, 0.6) is 0 Å². The van der Waals surface area contributed by atoms with Gasteiger partial charge in [0.2, 0.25) is 0 Å². The number of fused-ring (bicyclic) bond motifs is 6. The summed E-state index contributed by atoms with van der Waals surface area (Å²) in [6, 6.07) is 48.6. The summed E-state index contributed by atoms with van der Waals surface area (Å²) in [5, 5.41) is 5.24. The van der Waals surface area contributed by atoms with Gasteiger partial charge in [-0.15, -0.1) is 0 Å². The smallest absolute Gasteiger partial charge is 0.0527 e.